The predicted molar refractivity (Wildman–Crippen MR) is 101 cm³/mol. The topological polar surface area (TPSA) is 152 Å². The van der Waals surface area contributed by atoms with Gasteiger partial charge in [-0.2, -0.15) is 0 Å². The molecule has 0 radical (unpaired) electrons. The van der Waals surface area contributed by atoms with Gasteiger partial charge in [-0.15, -0.1) is 0 Å². The molecule has 0 spiro atoms. The molecule has 0 saturated heterocycles. The zero-order valence-corrected chi connectivity index (χ0v) is 21.7. The van der Waals surface area contributed by atoms with Gasteiger partial charge in [-0.1, -0.05) is 60.7 Å². The molecule has 0 heterocycles. The molecule has 2 aromatic carbocycles. The summed E-state index contributed by atoms with van der Waals surface area (Å²) in [6.45, 7) is 0. The molecule has 0 bridgehead atoms. The van der Waals surface area contributed by atoms with Gasteiger partial charge in [0.05, 0.1) is 18.4 Å². The van der Waals surface area contributed by atoms with Gasteiger partial charge in [0, 0.05) is 18.8 Å². The van der Waals surface area contributed by atoms with Gasteiger partial charge in [-0.25, -0.2) is 0 Å². The third kappa shape index (κ3) is 15.7. The van der Waals surface area contributed by atoms with Crippen LogP contribution in [0.15, 0.2) is 60.7 Å². The predicted octanol–water partition coefficient (Wildman–Crippen LogP) is -7.28. The first-order chi connectivity index (χ1) is 13.8. The van der Waals surface area contributed by atoms with E-state index in [1.54, 1.807) is 48.5 Å². The smallest absolute Gasteiger partial charge is 0.550 e. The molecule has 2 aromatic rings. The summed E-state index contributed by atoms with van der Waals surface area (Å²) in [6.07, 6.45) is -0.121. The molecule has 2 rings (SSSR count). The number of carboxylic acids is 2. The normalized spacial score (nSPS) is 10.1. The number of carbonyl (C=O) groups excluding carboxylic acids is 4. The van der Waals surface area contributed by atoms with E-state index in [1.807, 2.05) is 12.1 Å². The van der Waals surface area contributed by atoms with Crippen molar-refractivity contribution in [2.75, 3.05) is 0 Å². The fourth-order valence-corrected chi connectivity index (χ4v) is 2.32. The molecular weight excluding hydrogens is 422 g/mol. The van der Waals surface area contributed by atoms with Crippen molar-refractivity contribution >= 4 is 23.8 Å². The summed E-state index contributed by atoms with van der Waals surface area (Å²) < 4.78 is 0. The van der Waals surface area contributed by atoms with Crippen LogP contribution in [-0.4, -0.2) is 29.8 Å². The van der Waals surface area contributed by atoms with Crippen LogP contribution < -0.4 is 80.4 Å². The van der Waals surface area contributed by atoms with E-state index in [4.69, 9.17) is 5.73 Å². The fraction of sp³-hybridized carbons (Fsp3) is 0.238. The van der Waals surface area contributed by atoms with Crippen LogP contribution in [-0.2, 0) is 32.0 Å². The van der Waals surface area contributed by atoms with Gasteiger partial charge in [0.2, 0.25) is 11.8 Å². The molecule has 8 nitrogen and oxygen atoms in total. The summed E-state index contributed by atoms with van der Waals surface area (Å²) in [5.41, 5.74) is 6.48. The van der Waals surface area contributed by atoms with Crippen molar-refractivity contribution in [3.63, 3.8) is 0 Å². The summed E-state index contributed by atoms with van der Waals surface area (Å²) in [5, 5.41) is 23.2. The maximum atomic E-state index is 11.7. The van der Waals surface area contributed by atoms with Gasteiger partial charge >= 0.3 is 59.1 Å². The van der Waals surface area contributed by atoms with Crippen LogP contribution in [0.4, 0.5) is 0 Å². The third-order valence-electron chi connectivity index (χ3n) is 3.70. The molecule has 3 N–H and O–H groups in total. The summed E-state index contributed by atoms with van der Waals surface area (Å²) >= 11 is 0. The molecule has 0 aliphatic rings. The van der Waals surface area contributed by atoms with Crippen LogP contribution in [0.1, 0.15) is 24.0 Å². The Morgan fingerprint density at radius 3 is 1.65 bits per heavy atom. The molecule has 0 fully saturated rings. The van der Waals surface area contributed by atoms with Crippen molar-refractivity contribution in [2.45, 2.75) is 31.7 Å². The van der Waals surface area contributed by atoms with Crippen molar-refractivity contribution in [3.8, 4) is 0 Å². The first kappa shape index (κ1) is 31.5. The number of hydrogen-bond donors (Lipinski definition) is 2. The van der Waals surface area contributed by atoms with E-state index in [-0.39, 0.29) is 84.8 Å². The van der Waals surface area contributed by atoms with Crippen LogP contribution in [0.3, 0.4) is 0 Å². The van der Waals surface area contributed by atoms with Crippen molar-refractivity contribution in [2.24, 2.45) is 5.73 Å². The van der Waals surface area contributed by atoms with Gasteiger partial charge in [0.15, 0.2) is 0 Å². The number of carbonyl (C=O) groups is 4. The quantitative estimate of drug-likeness (QED) is 0.367. The number of carboxylic acid groups (broad SMARTS) is 2. The number of hydrogen-bond acceptors (Lipinski definition) is 6. The summed E-state index contributed by atoms with van der Waals surface area (Å²) in [4.78, 5) is 43.1. The molecule has 1 atom stereocenters. The number of nitrogens with one attached hydrogen (secondary N) is 1. The van der Waals surface area contributed by atoms with E-state index in [1.165, 1.54) is 0 Å². The molecule has 0 aliphatic carbocycles. The van der Waals surface area contributed by atoms with Crippen LogP contribution in [0.5, 0.6) is 0 Å². The third-order valence-corrected chi connectivity index (χ3v) is 3.70. The largest absolute Gasteiger partial charge is 1.00 e. The average Bonchev–Trinajstić information content (AvgIpc) is 2.66. The Morgan fingerprint density at radius 2 is 1.26 bits per heavy atom. The van der Waals surface area contributed by atoms with Crippen molar-refractivity contribution in [3.05, 3.63) is 71.8 Å². The van der Waals surface area contributed by atoms with E-state index in [0.29, 0.717) is 0 Å². The maximum Gasteiger partial charge on any atom is 1.00 e. The van der Waals surface area contributed by atoms with Gasteiger partial charge in [0.25, 0.3) is 0 Å². The van der Waals surface area contributed by atoms with Gasteiger partial charge in [-0.3, -0.25) is 9.59 Å². The Kier molecular flexibility index (Phi) is 18.2. The van der Waals surface area contributed by atoms with Crippen LogP contribution >= 0.6 is 0 Å². The Hall–Kier alpha value is -1.68. The Labute approximate surface area is 225 Å². The number of nitrogens with two attached hydrogens (primary N) is 1. The molecule has 2 amide bonds. The van der Waals surface area contributed by atoms with Crippen LogP contribution in [0.2, 0.25) is 0 Å². The average molecular weight is 444 g/mol. The molecular formula is C21H22N2Na2O6. The van der Waals surface area contributed by atoms with Crippen LogP contribution in [0.25, 0.3) is 0 Å². The summed E-state index contributed by atoms with van der Waals surface area (Å²) in [7, 11) is 0. The Morgan fingerprint density at radius 1 is 0.806 bits per heavy atom. The minimum Gasteiger partial charge on any atom is -0.550 e. The van der Waals surface area contributed by atoms with Crippen molar-refractivity contribution in [1.29, 1.82) is 0 Å². The molecule has 31 heavy (non-hydrogen) atoms. The second-order valence-corrected chi connectivity index (χ2v) is 6.14. The number of rotatable bonds is 9. The van der Waals surface area contributed by atoms with Crippen molar-refractivity contribution < 1.29 is 88.5 Å². The second kappa shape index (κ2) is 17.9. The Balaban J connectivity index is 0. The first-order valence-corrected chi connectivity index (χ1v) is 8.84. The van der Waals surface area contributed by atoms with Gasteiger partial charge in [0.1, 0.15) is 0 Å². The Bertz CT molecular complexity index is 819. The molecule has 0 aromatic heterocycles. The minimum atomic E-state index is -1.43. The molecule has 154 valence electrons. The number of amides is 2. The van der Waals surface area contributed by atoms with E-state index in [2.05, 4.69) is 5.32 Å². The number of aliphatic carboxylic acids is 2. The number of benzene rings is 2. The molecule has 0 saturated carbocycles. The summed E-state index contributed by atoms with van der Waals surface area (Å²) in [5.74, 6) is -3.53. The van der Waals surface area contributed by atoms with E-state index < -0.39 is 29.8 Å². The standard InChI is InChI=1S/C13H16N2O4.C8H8O2.2Na/c14-11(16)7-6-10(13(18)19)15-12(17)8-9-4-2-1-3-5-9;9-8(10)6-7-4-2-1-3-5-7;;/h1-5,10H,6-8H2,(H2,14,16)(H,15,17)(H,18,19);1-5H,6H2,(H,9,10);;/q;;2*+1/p-2. The van der Waals surface area contributed by atoms with Gasteiger partial charge < -0.3 is 30.9 Å². The van der Waals surface area contributed by atoms with Crippen molar-refractivity contribution in [1.82, 2.24) is 5.32 Å². The molecule has 0 aliphatic heterocycles. The van der Waals surface area contributed by atoms with Crippen LogP contribution in [0, 0.1) is 0 Å². The van der Waals surface area contributed by atoms with Gasteiger partial charge in [-0.05, 0) is 17.5 Å². The number of primary amides is 1. The van der Waals surface area contributed by atoms with E-state index >= 15 is 0 Å². The zero-order valence-electron chi connectivity index (χ0n) is 17.7. The van der Waals surface area contributed by atoms with E-state index in [9.17, 15) is 29.4 Å². The minimum absolute atomic E-state index is 0. The molecule has 1 unspecified atom stereocenters. The molecule has 10 heteroatoms. The summed E-state index contributed by atoms with van der Waals surface area (Å²) in [6, 6.07) is 16.7. The first-order valence-electron chi connectivity index (χ1n) is 8.84. The SMILES string of the molecule is NC(=O)CCC(NC(=O)Cc1ccccc1)C(=O)[O-].O=C([O-])Cc1ccccc1.[Na+].[Na+]. The fourth-order valence-electron chi connectivity index (χ4n) is 2.32. The zero-order chi connectivity index (χ0) is 21.6. The maximum absolute atomic E-state index is 11.7. The second-order valence-electron chi connectivity index (χ2n) is 6.14. The van der Waals surface area contributed by atoms with E-state index in [0.717, 1.165) is 11.1 Å². The monoisotopic (exact) mass is 444 g/mol.